The third kappa shape index (κ3) is 3.16. The molecule has 35 heavy (non-hydrogen) atoms. The Bertz CT molecular complexity index is 1630. The first-order chi connectivity index (χ1) is 16.9. The molecule has 0 saturated heterocycles. The summed E-state index contributed by atoms with van der Waals surface area (Å²) in [6.45, 7) is 1.93. The molecule has 0 fully saturated rings. The predicted molar refractivity (Wildman–Crippen MR) is 132 cm³/mol. The van der Waals surface area contributed by atoms with Gasteiger partial charge in [0, 0.05) is 21.0 Å². The first-order valence-electron chi connectivity index (χ1n) is 11.2. The van der Waals surface area contributed by atoms with Crippen molar-refractivity contribution in [2.45, 2.75) is 32.1 Å². The van der Waals surface area contributed by atoms with E-state index in [0.29, 0.717) is 33.5 Å². The Morgan fingerprint density at radius 1 is 1.14 bits per heavy atom. The minimum Gasteiger partial charge on any atom is -0.457 e. The van der Waals surface area contributed by atoms with Gasteiger partial charge in [-0.25, -0.2) is 14.6 Å². The van der Waals surface area contributed by atoms with Gasteiger partial charge in [-0.05, 0) is 52.7 Å². The number of rotatable bonds is 3. The summed E-state index contributed by atoms with van der Waals surface area (Å²) in [6.07, 6.45) is 0.107. The number of esters is 2. The highest BCUT2D eigenvalue weighted by Gasteiger charge is 2.50. The quantitative estimate of drug-likeness (QED) is 0.314. The van der Waals surface area contributed by atoms with Crippen molar-refractivity contribution in [3.05, 3.63) is 97.7 Å². The number of carbonyl (C=O) groups excluding carboxylic acids is 2. The number of carbonyl (C=O) groups is 2. The Balaban J connectivity index is 1.54. The Morgan fingerprint density at radius 2 is 1.91 bits per heavy atom. The van der Waals surface area contributed by atoms with E-state index in [0.717, 1.165) is 16.5 Å². The van der Waals surface area contributed by atoms with Gasteiger partial charge in [0.15, 0.2) is 0 Å². The Labute approximate surface area is 208 Å². The number of benzene rings is 2. The molecular weight excluding hydrogens is 512 g/mol. The second-order valence-electron chi connectivity index (χ2n) is 8.63. The van der Waals surface area contributed by atoms with E-state index >= 15 is 0 Å². The van der Waals surface area contributed by atoms with Crippen molar-refractivity contribution < 1.29 is 19.1 Å². The number of ether oxygens (including phenoxy) is 2. The zero-order valence-electron chi connectivity index (χ0n) is 18.7. The average Bonchev–Trinajstić information content (AvgIpc) is 3.22. The number of hydrogen-bond donors (Lipinski definition) is 0. The van der Waals surface area contributed by atoms with Crippen LogP contribution < -0.4 is 5.56 Å². The van der Waals surface area contributed by atoms with Gasteiger partial charge in [-0.2, -0.15) is 0 Å². The molecule has 0 saturated carbocycles. The van der Waals surface area contributed by atoms with Crippen molar-refractivity contribution in [1.29, 1.82) is 0 Å². The van der Waals surface area contributed by atoms with Crippen LogP contribution >= 0.6 is 15.9 Å². The topological polar surface area (TPSA) is 87.5 Å². The molecule has 2 aliphatic rings. The highest BCUT2D eigenvalue weighted by atomic mass is 79.9. The van der Waals surface area contributed by atoms with Gasteiger partial charge >= 0.3 is 11.9 Å². The molecule has 2 aromatic carbocycles. The third-order valence-electron chi connectivity index (χ3n) is 6.75. The summed E-state index contributed by atoms with van der Waals surface area (Å²) in [7, 11) is 0. The van der Waals surface area contributed by atoms with Crippen LogP contribution in [-0.4, -0.2) is 21.5 Å². The van der Waals surface area contributed by atoms with Crippen LogP contribution in [0.25, 0.3) is 22.3 Å². The molecular formula is C27H19BrN2O5. The van der Waals surface area contributed by atoms with Crippen molar-refractivity contribution in [2.24, 2.45) is 0 Å². The van der Waals surface area contributed by atoms with Gasteiger partial charge in [0.25, 0.3) is 5.56 Å². The maximum atomic E-state index is 13.6. The maximum absolute atomic E-state index is 13.6. The lowest BCUT2D eigenvalue weighted by Gasteiger charge is -2.35. The number of cyclic esters (lactones) is 1. The Hall–Kier alpha value is -3.78. The fraction of sp³-hybridized carbons (Fsp3) is 0.185. The van der Waals surface area contributed by atoms with Crippen LogP contribution in [0.5, 0.6) is 0 Å². The van der Waals surface area contributed by atoms with E-state index < -0.39 is 17.5 Å². The highest BCUT2D eigenvalue weighted by Crippen LogP contribution is 2.41. The van der Waals surface area contributed by atoms with E-state index in [1.807, 2.05) is 30.3 Å². The van der Waals surface area contributed by atoms with E-state index in [-0.39, 0.29) is 24.2 Å². The standard InChI is InChI=1S/C27H19BrN2O5/c1-2-27(35-25(32)17-8-4-5-9-20(17)28)19-12-22-23-16(11-15-7-3-6-10-21(15)29-23)13-30(22)24(31)18(19)14-34-26(27)33/h3-12H,2,13-14H2,1H3/t27-/m0/s1. The number of fused-ring (bicyclic) bond motifs is 5. The van der Waals surface area contributed by atoms with E-state index in [1.54, 1.807) is 41.8 Å². The molecule has 0 radical (unpaired) electrons. The first kappa shape index (κ1) is 21.7. The van der Waals surface area contributed by atoms with Gasteiger partial charge in [-0.15, -0.1) is 0 Å². The molecule has 0 unspecified atom stereocenters. The number of aromatic nitrogens is 2. The van der Waals surface area contributed by atoms with Crippen LogP contribution in [0.3, 0.4) is 0 Å². The van der Waals surface area contributed by atoms with E-state index in [9.17, 15) is 14.4 Å². The summed E-state index contributed by atoms with van der Waals surface area (Å²) < 4.78 is 13.5. The second-order valence-corrected chi connectivity index (χ2v) is 9.48. The molecule has 174 valence electrons. The van der Waals surface area contributed by atoms with E-state index in [1.165, 1.54) is 0 Å². The smallest absolute Gasteiger partial charge is 0.355 e. The maximum Gasteiger partial charge on any atom is 0.355 e. The van der Waals surface area contributed by atoms with Gasteiger partial charge in [0.1, 0.15) is 6.61 Å². The molecule has 8 heteroatoms. The summed E-state index contributed by atoms with van der Waals surface area (Å²) in [4.78, 5) is 44.7. The number of hydrogen-bond acceptors (Lipinski definition) is 6. The van der Waals surface area contributed by atoms with E-state index in [4.69, 9.17) is 14.5 Å². The largest absolute Gasteiger partial charge is 0.457 e. The third-order valence-corrected chi connectivity index (χ3v) is 7.44. The second kappa shape index (κ2) is 7.88. The summed E-state index contributed by atoms with van der Waals surface area (Å²) >= 11 is 3.36. The van der Waals surface area contributed by atoms with Crippen molar-refractivity contribution in [2.75, 3.05) is 0 Å². The van der Waals surface area contributed by atoms with Crippen molar-refractivity contribution in [1.82, 2.24) is 9.55 Å². The summed E-state index contributed by atoms with van der Waals surface area (Å²) in [5.41, 5.74) is 1.94. The van der Waals surface area contributed by atoms with Crippen molar-refractivity contribution in [3.8, 4) is 11.4 Å². The summed E-state index contributed by atoms with van der Waals surface area (Å²) in [5, 5.41) is 0.987. The molecule has 6 rings (SSSR count). The minimum absolute atomic E-state index is 0.107. The molecule has 0 aliphatic carbocycles. The highest BCUT2D eigenvalue weighted by molar-refractivity contribution is 9.10. The van der Waals surface area contributed by atoms with Gasteiger partial charge < -0.3 is 14.0 Å². The first-order valence-corrected chi connectivity index (χ1v) is 12.0. The molecule has 0 N–H and O–H groups in total. The Kier molecular flexibility index (Phi) is 4.89. The lowest BCUT2D eigenvalue weighted by atomic mass is 9.85. The fourth-order valence-electron chi connectivity index (χ4n) is 4.92. The normalized spacial score (nSPS) is 17.9. The van der Waals surface area contributed by atoms with Crippen LogP contribution in [0, 0.1) is 0 Å². The van der Waals surface area contributed by atoms with Gasteiger partial charge in [0.05, 0.1) is 34.6 Å². The van der Waals surface area contributed by atoms with Crippen LogP contribution in [0.1, 0.15) is 40.4 Å². The number of halogens is 1. The van der Waals surface area contributed by atoms with Crippen LogP contribution in [-0.2, 0) is 33.0 Å². The molecule has 4 heterocycles. The molecule has 2 aromatic heterocycles. The monoisotopic (exact) mass is 530 g/mol. The average molecular weight is 531 g/mol. The molecule has 1 atom stereocenters. The summed E-state index contributed by atoms with van der Waals surface area (Å²) in [5.74, 6) is -1.38. The van der Waals surface area contributed by atoms with Crippen LogP contribution in [0.4, 0.5) is 0 Å². The zero-order chi connectivity index (χ0) is 24.3. The van der Waals surface area contributed by atoms with Crippen molar-refractivity contribution in [3.63, 3.8) is 0 Å². The predicted octanol–water partition coefficient (Wildman–Crippen LogP) is 4.71. The number of nitrogens with zero attached hydrogens (tertiary/aromatic N) is 2. The molecule has 7 nitrogen and oxygen atoms in total. The van der Waals surface area contributed by atoms with Crippen molar-refractivity contribution >= 4 is 38.8 Å². The van der Waals surface area contributed by atoms with Gasteiger partial charge in [-0.3, -0.25) is 4.79 Å². The molecule has 0 bridgehead atoms. The van der Waals surface area contributed by atoms with Crippen LogP contribution in [0.2, 0.25) is 0 Å². The lowest BCUT2D eigenvalue weighted by Crippen LogP contribution is -2.47. The number of para-hydroxylation sites is 1. The van der Waals surface area contributed by atoms with Crippen LogP contribution in [0.15, 0.2) is 69.9 Å². The minimum atomic E-state index is -1.74. The van der Waals surface area contributed by atoms with Gasteiger partial charge in [0.2, 0.25) is 5.60 Å². The Morgan fingerprint density at radius 3 is 2.71 bits per heavy atom. The molecule has 0 amide bonds. The summed E-state index contributed by atoms with van der Waals surface area (Å²) in [6, 6.07) is 18.4. The molecule has 0 spiro atoms. The molecule has 4 aromatic rings. The lowest BCUT2D eigenvalue weighted by molar-refractivity contribution is -0.173. The molecule has 2 aliphatic heterocycles. The SMILES string of the molecule is CC[C@@]1(OC(=O)c2ccccc2Br)C(=O)OCc2c1cc1n(c2=O)Cc2cc3ccccc3nc2-1. The number of pyridine rings is 2. The zero-order valence-corrected chi connectivity index (χ0v) is 20.3. The van der Waals surface area contributed by atoms with E-state index in [2.05, 4.69) is 15.9 Å². The van der Waals surface area contributed by atoms with Gasteiger partial charge in [-0.1, -0.05) is 37.3 Å². The fourth-order valence-corrected chi connectivity index (χ4v) is 5.37.